The van der Waals surface area contributed by atoms with E-state index >= 15 is 0 Å². The summed E-state index contributed by atoms with van der Waals surface area (Å²) in [6.07, 6.45) is 1.66. The van der Waals surface area contributed by atoms with Crippen molar-refractivity contribution in [3.8, 4) is 17.1 Å². The lowest BCUT2D eigenvalue weighted by molar-refractivity contribution is -0.113. The molecule has 0 saturated heterocycles. The summed E-state index contributed by atoms with van der Waals surface area (Å²) in [5.41, 5.74) is 0.960. The normalized spacial score (nSPS) is 10.7. The lowest BCUT2D eigenvalue weighted by atomic mass is 10.2. The number of ether oxygens (including phenoxy) is 1. The van der Waals surface area contributed by atoms with Gasteiger partial charge < -0.3 is 14.6 Å². The summed E-state index contributed by atoms with van der Waals surface area (Å²) in [7, 11) is 0. The fourth-order valence-corrected chi connectivity index (χ4v) is 3.68. The molecule has 0 fully saturated rings. The van der Waals surface area contributed by atoms with Crippen LogP contribution in [-0.2, 0) is 11.3 Å². The number of rotatable bonds is 8. The van der Waals surface area contributed by atoms with Crippen LogP contribution in [0.25, 0.3) is 11.4 Å². The number of nitrogens with one attached hydrogen (secondary N) is 1. The highest BCUT2D eigenvalue weighted by molar-refractivity contribution is 7.99. The van der Waals surface area contributed by atoms with Gasteiger partial charge in [0, 0.05) is 23.7 Å². The molecule has 9 heteroatoms. The Labute approximate surface area is 159 Å². The molecule has 7 nitrogen and oxygen atoms in total. The van der Waals surface area contributed by atoms with Gasteiger partial charge in [-0.05, 0) is 38.1 Å². The molecule has 0 aliphatic heterocycles. The fourth-order valence-electron chi connectivity index (χ4n) is 2.33. The van der Waals surface area contributed by atoms with Crippen molar-refractivity contribution in [2.75, 3.05) is 17.7 Å². The molecule has 2 aromatic heterocycles. The standard InChI is InChI=1S/C17H19N5O2S2/c1-3-22-15(12-5-7-13(8-6-12)24-4-2)20-21-17(22)26-11-14(23)19-16-18-9-10-25-16/h5-10H,3-4,11H2,1-2H3,(H,18,19,23). The number of nitrogens with zero attached hydrogens (tertiary/aromatic N) is 4. The van der Waals surface area contributed by atoms with Crippen LogP contribution in [0.1, 0.15) is 13.8 Å². The van der Waals surface area contributed by atoms with Crippen LogP contribution in [0.5, 0.6) is 5.75 Å². The average Bonchev–Trinajstić information content (AvgIpc) is 3.30. The maximum absolute atomic E-state index is 12.0. The second kappa shape index (κ2) is 8.81. The molecule has 1 amide bonds. The first-order chi connectivity index (χ1) is 12.7. The number of aromatic nitrogens is 4. The van der Waals surface area contributed by atoms with Gasteiger partial charge in [0.25, 0.3) is 0 Å². The van der Waals surface area contributed by atoms with Crippen molar-refractivity contribution < 1.29 is 9.53 Å². The van der Waals surface area contributed by atoms with Gasteiger partial charge in [0.05, 0.1) is 12.4 Å². The first-order valence-electron chi connectivity index (χ1n) is 8.19. The van der Waals surface area contributed by atoms with Gasteiger partial charge in [0.15, 0.2) is 16.1 Å². The second-order valence-corrected chi connectivity index (χ2v) is 7.02. The van der Waals surface area contributed by atoms with Crippen molar-refractivity contribution in [3.63, 3.8) is 0 Å². The zero-order valence-corrected chi connectivity index (χ0v) is 16.1. The number of amides is 1. The summed E-state index contributed by atoms with van der Waals surface area (Å²) >= 11 is 2.75. The van der Waals surface area contributed by atoms with E-state index < -0.39 is 0 Å². The number of carbonyl (C=O) groups is 1. The van der Waals surface area contributed by atoms with Crippen molar-refractivity contribution in [1.29, 1.82) is 0 Å². The minimum atomic E-state index is -0.113. The predicted octanol–water partition coefficient (Wildman–Crippen LogP) is 3.55. The number of thioether (sulfide) groups is 1. The van der Waals surface area contributed by atoms with Crippen LogP contribution < -0.4 is 10.1 Å². The van der Waals surface area contributed by atoms with Crippen LogP contribution in [-0.4, -0.2) is 38.0 Å². The predicted molar refractivity (Wildman–Crippen MR) is 104 cm³/mol. The van der Waals surface area contributed by atoms with Crippen LogP contribution in [0.3, 0.4) is 0 Å². The van der Waals surface area contributed by atoms with Gasteiger partial charge in [-0.1, -0.05) is 11.8 Å². The molecule has 0 atom stereocenters. The van der Waals surface area contributed by atoms with Crippen LogP contribution in [0.15, 0.2) is 41.0 Å². The van der Waals surface area contributed by atoms with Gasteiger partial charge >= 0.3 is 0 Å². The highest BCUT2D eigenvalue weighted by atomic mass is 32.2. The van der Waals surface area contributed by atoms with Gasteiger partial charge in [-0.2, -0.15) is 0 Å². The van der Waals surface area contributed by atoms with Gasteiger partial charge in [-0.15, -0.1) is 21.5 Å². The molecule has 136 valence electrons. The van der Waals surface area contributed by atoms with Crippen molar-refractivity contribution in [2.24, 2.45) is 0 Å². The first kappa shape index (κ1) is 18.4. The molecule has 2 heterocycles. The highest BCUT2D eigenvalue weighted by Crippen LogP contribution is 2.25. The van der Waals surface area contributed by atoms with E-state index in [0.29, 0.717) is 23.4 Å². The lowest BCUT2D eigenvalue weighted by Gasteiger charge is -2.08. The van der Waals surface area contributed by atoms with Gasteiger partial charge in [-0.3, -0.25) is 4.79 Å². The minimum absolute atomic E-state index is 0.113. The number of hydrogen-bond donors (Lipinski definition) is 1. The van der Waals surface area contributed by atoms with Gasteiger partial charge in [-0.25, -0.2) is 4.98 Å². The van der Waals surface area contributed by atoms with Crippen LogP contribution in [0, 0.1) is 0 Å². The second-order valence-electron chi connectivity index (χ2n) is 5.18. The number of benzene rings is 1. The van der Waals surface area contributed by atoms with Crippen LogP contribution >= 0.6 is 23.1 Å². The number of thiazole rings is 1. The largest absolute Gasteiger partial charge is 0.494 e. The first-order valence-corrected chi connectivity index (χ1v) is 10.1. The van der Waals surface area contributed by atoms with E-state index in [0.717, 1.165) is 17.1 Å². The van der Waals surface area contributed by atoms with Gasteiger partial charge in [0.2, 0.25) is 5.91 Å². The maximum Gasteiger partial charge on any atom is 0.236 e. The topological polar surface area (TPSA) is 81.9 Å². The molecule has 0 aliphatic rings. The Kier molecular flexibility index (Phi) is 6.24. The van der Waals surface area contributed by atoms with Crippen LogP contribution in [0.4, 0.5) is 5.13 Å². The average molecular weight is 390 g/mol. The van der Waals surface area contributed by atoms with E-state index in [-0.39, 0.29) is 11.7 Å². The van der Waals surface area contributed by atoms with Crippen LogP contribution in [0.2, 0.25) is 0 Å². The summed E-state index contributed by atoms with van der Waals surface area (Å²) < 4.78 is 7.47. The minimum Gasteiger partial charge on any atom is -0.494 e. The lowest BCUT2D eigenvalue weighted by Crippen LogP contribution is -2.14. The summed E-state index contributed by atoms with van der Waals surface area (Å²) in [6.45, 7) is 5.33. The number of anilines is 1. The van der Waals surface area contributed by atoms with Gasteiger partial charge in [0.1, 0.15) is 5.75 Å². The third-order valence-corrected chi connectivity index (χ3v) is 5.12. The smallest absolute Gasteiger partial charge is 0.236 e. The molecule has 0 radical (unpaired) electrons. The number of carbonyl (C=O) groups excluding carboxylic acids is 1. The van der Waals surface area contributed by atoms with E-state index in [9.17, 15) is 4.79 Å². The van der Waals surface area contributed by atoms with E-state index in [1.807, 2.05) is 48.1 Å². The van der Waals surface area contributed by atoms with Crippen molar-refractivity contribution in [1.82, 2.24) is 19.7 Å². The molecule has 26 heavy (non-hydrogen) atoms. The quantitative estimate of drug-likeness (QED) is 0.593. The Morgan fingerprint density at radius 3 is 2.73 bits per heavy atom. The number of hydrogen-bond acceptors (Lipinski definition) is 7. The van der Waals surface area contributed by atoms with E-state index in [1.54, 1.807) is 6.20 Å². The molecule has 3 rings (SSSR count). The summed E-state index contributed by atoms with van der Waals surface area (Å²) in [6, 6.07) is 7.76. The highest BCUT2D eigenvalue weighted by Gasteiger charge is 2.15. The molecule has 0 unspecified atom stereocenters. The van der Waals surface area contributed by atoms with E-state index in [2.05, 4.69) is 20.5 Å². The molecular weight excluding hydrogens is 370 g/mol. The SMILES string of the molecule is CCOc1ccc(-c2nnc(SCC(=O)Nc3nccs3)n2CC)cc1. The molecule has 1 N–H and O–H groups in total. The Morgan fingerprint density at radius 1 is 1.27 bits per heavy atom. The maximum atomic E-state index is 12.0. The van der Waals surface area contributed by atoms with Crippen molar-refractivity contribution in [3.05, 3.63) is 35.8 Å². The molecule has 1 aromatic carbocycles. The monoisotopic (exact) mass is 389 g/mol. The van der Waals surface area contributed by atoms with Crippen molar-refractivity contribution in [2.45, 2.75) is 25.5 Å². The summed E-state index contributed by atoms with van der Waals surface area (Å²) in [5, 5.41) is 14.4. The van der Waals surface area contributed by atoms with E-state index in [4.69, 9.17) is 4.74 Å². The zero-order valence-electron chi connectivity index (χ0n) is 14.5. The molecule has 0 saturated carbocycles. The Hall–Kier alpha value is -2.39. The molecule has 0 spiro atoms. The Morgan fingerprint density at radius 2 is 2.08 bits per heavy atom. The summed E-state index contributed by atoms with van der Waals surface area (Å²) in [4.78, 5) is 16.1. The third-order valence-electron chi connectivity index (χ3n) is 3.47. The Balaban J connectivity index is 1.68. The fraction of sp³-hybridized carbons (Fsp3) is 0.294. The zero-order chi connectivity index (χ0) is 18.4. The third kappa shape index (κ3) is 4.41. The molecule has 0 bridgehead atoms. The Bertz CT molecular complexity index is 847. The van der Waals surface area contributed by atoms with E-state index in [1.165, 1.54) is 23.1 Å². The molecule has 0 aliphatic carbocycles. The molecular formula is C17H19N5O2S2. The van der Waals surface area contributed by atoms with Crippen molar-refractivity contribution >= 4 is 34.1 Å². The summed E-state index contributed by atoms with van der Waals surface area (Å²) in [5.74, 6) is 1.74. The molecule has 3 aromatic rings.